The number of rotatable bonds is 4. The van der Waals surface area contributed by atoms with Crippen molar-refractivity contribution >= 4 is 0 Å². The molecule has 2 rings (SSSR count). The van der Waals surface area contributed by atoms with Gasteiger partial charge in [0.15, 0.2) is 0 Å². The molecule has 1 saturated carbocycles. The van der Waals surface area contributed by atoms with E-state index in [1.54, 1.807) is 13.3 Å². The Bertz CT molecular complexity index is 395. The molecule has 0 spiro atoms. The molecule has 0 bridgehead atoms. The third-order valence-electron chi connectivity index (χ3n) is 3.78. The van der Waals surface area contributed by atoms with Crippen LogP contribution in [0.25, 0.3) is 0 Å². The van der Waals surface area contributed by atoms with Crippen LogP contribution in [0.2, 0.25) is 0 Å². The van der Waals surface area contributed by atoms with E-state index in [4.69, 9.17) is 4.74 Å². The molecule has 1 fully saturated rings. The molecule has 1 aromatic rings. The van der Waals surface area contributed by atoms with Crippen LogP contribution in [0.5, 0.6) is 0 Å². The van der Waals surface area contributed by atoms with E-state index in [0.717, 1.165) is 12.0 Å². The number of hydrogen-bond acceptors (Lipinski definition) is 3. The van der Waals surface area contributed by atoms with Gasteiger partial charge in [0, 0.05) is 31.3 Å². The number of hydrogen-bond donors (Lipinski definition) is 1. The minimum atomic E-state index is -0.285. The zero-order valence-electron chi connectivity index (χ0n) is 10.5. The molecular weight excluding hydrogens is 219 g/mol. The molecule has 0 aromatic carbocycles. The predicted molar refractivity (Wildman–Crippen MR) is 64.0 cm³/mol. The molecule has 3 nitrogen and oxygen atoms in total. The number of pyridine rings is 1. The molecule has 94 valence electrons. The van der Waals surface area contributed by atoms with Crippen LogP contribution in [-0.4, -0.2) is 24.2 Å². The lowest BCUT2D eigenvalue weighted by Crippen LogP contribution is -2.60. The second kappa shape index (κ2) is 4.70. The second-order valence-corrected chi connectivity index (χ2v) is 5.23. The summed E-state index contributed by atoms with van der Waals surface area (Å²) < 4.78 is 18.3. The first-order chi connectivity index (χ1) is 8.04. The maximum atomic E-state index is 12.9. The quantitative estimate of drug-likeness (QED) is 0.872. The fourth-order valence-electron chi connectivity index (χ4n) is 2.43. The van der Waals surface area contributed by atoms with E-state index in [-0.39, 0.29) is 11.2 Å². The second-order valence-electron chi connectivity index (χ2n) is 5.23. The third-order valence-corrected chi connectivity index (χ3v) is 3.78. The molecule has 2 atom stereocenters. The molecule has 1 heterocycles. The van der Waals surface area contributed by atoms with Crippen molar-refractivity contribution in [2.45, 2.75) is 39.0 Å². The first-order valence-corrected chi connectivity index (χ1v) is 5.89. The summed E-state index contributed by atoms with van der Waals surface area (Å²) in [5.41, 5.74) is 1.01. The molecule has 1 aromatic heterocycles. The Balaban J connectivity index is 1.88. The number of methoxy groups -OCH3 is 1. The number of ether oxygens (including phenoxy) is 1. The van der Waals surface area contributed by atoms with Gasteiger partial charge in [-0.05, 0) is 18.1 Å². The van der Waals surface area contributed by atoms with Crippen molar-refractivity contribution in [3.63, 3.8) is 0 Å². The molecule has 1 N–H and O–H groups in total. The lowest BCUT2D eigenvalue weighted by atomic mass is 9.64. The van der Waals surface area contributed by atoms with Crippen molar-refractivity contribution in [1.82, 2.24) is 10.3 Å². The maximum Gasteiger partial charge on any atom is 0.141 e. The summed E-state index contributed by atoms with van der Waals surface area (Å²) in [6, 6.07) is 1.93. The number of aromatic nitrogens is 1. The van der Waals surface area contributed by atoms with Crippen LogP contribution in [0.1, 0.15) is 25.8 Å². The Morgan fingerprint density at radius 3 is 2.88 bits per heavy atom. The van der Waals surface area contributed by atoms with Crippen LogP contribution in [-0.2, 0) is 11.3 Å². The van der Waals surface area contributed by atoms with E-state index in [1.807, 2.05) is 0 Å². The van der Waals surface area contributed by atoms with Gasteiger partial charge in [0.25, 0.3) is 0 Å². The lowest BCUT2D eigenvalue weighted by molar-refractivity contribution is -0.0979. The smallest absolute Gasteiger partial charge is 0.141 e. The molecule has 1 aliphatic carbocycles. The highest BCUT2D eigenvalue weighted by Crippen LogP contribution is 2.42. The largest absolute Gasteiger partial charge is 0.381 e. The summed E-state index contributed by atoms with van der Waals surface area (Å²) in [7, 11) is 1.75. The molecule has 2 unspecified atom stereocenters. The SMILES string of the molecule is COC1CC(NCc2cncc(F)c2)C1(C)C. The Labute approximate surface area is 101 Å². The topological polar surface area (TPSA) is 34.1 Å². The normalized spacial score (nSPS) is 26.6. The highest BCUT2D eigenvalue weighted by atomic mass is 19.1. The van der Waals surface area contributed by atoms with Crippen molar-refractivity contribution < 1.29 is 9.13 Å². The van der Waals surface area contributed by atoms with E-state index in [9.17, 15) is 4.39 Å². The monoisotopic (exact) mass is 238 g/mol. The first-order valence-electron chi connectivity index (χ1n) is 5.89. The molecule has 0 saturated heterocycles. The summed E-state index contributed by atoms with van der Waals surface area (Å²) >= 11 is 0. The zero-order chi connectivity index (χ0) is 12.5. The van der Waals surface area contributed by atoms with E-state index < -0.39 is 0 Å². The van der Waals surface area contributed by atoms with Gasteiger partial charge in [0.1, 0.15) is 5.82 Å². The highest BCUT2D eigenvalue weighted by Gasteiger charge is 2.48. The minimum absolute atomic E-state index is 0.134. The summed E-state index contributed by atoms with van der Waals surface area (Å²) in [6.45, 7) is 5.02. The fourth-order valence-corrected chi connectivity index (χ4v) is 2.43. The van der Waals surface area contributed by atoms with E-state index >= 15 is 0 Å². The van der Waals surface area contributed by atoms with Gasteiger partial charge < -0.3 is 10.1 Å². The summed E-state index contributed by atoms with van der Waals surface area (Å²) in [6.07, 6.45) is 4.23. The Kier molecular flexibility index (Phi) is 3.45. The van der Waals surface area contributed by atoms with E-state index in [1.165, 1.54) is 12.3 Å². The van der Waals surface area contributed by atoms with Crippen molar-refractivity contribution in [1.29, 1.82) is 0 Å². The molecule has 0 aliphatic heterocycles. The summed E-state index contributed by atoms with van der Waals surface area (Å²) in [5.74, 6) is -0.285. The number of halogens is 1. The lowest BCUT2D eigenvalue weighted by Gasteiger charge is -2.51. The Hall–Kier alpha value is -1.00. The fraction of sp³-hybridized carbons (Fsp3) is 0.615. The van der Waals surface area contributed by atoms with Gasteiger partial charge in [-0.25, -0.2) is 4.39 Å². The number of nitrogens with zero attached hydrogens (tertiary/aromatic N) is 1. The van der Waals surface area contributed by atoms with Crippen LogP contribution >= 0.6 is 0 Å². The summed E-state index contributed by atoms with van der Waals surface area (Å²) in [5, 5.41) is 3.43. The Morgan fingerprint density at radius 1 is 1.53 bits per heavy atom. The highest BCUT2D eigenvalue weighted by molar-refractivity contribution is 5.11. The molecule has 0 radical (unpaired) electrons. The van der Waals surface area contributed by atoms with E-state index in [2.05, 4.69) is 24.1 Å². The number of nitrogens with one attached hydrogen (secondary N) is 1. The maximum absolute atomic E-state index is 12.9. The van der Waals surface area contributed by atoms with Crippen molar-refractivity contribution in [2.24, 2.45) is 5.41 Å². The standard InChI is InChI=1S/C13H19FN2O/c1-13(2)11(5-12(13)17-3)16-7-9-4-10(14)8-15-6-9/h4,6,8,11-12,16H,5,7H2,1-3H3. The predicted octanol–water partition coefficient (Wildman–Crippen LogP) is 2.12. The van der Waals surface area contributed by atoms with Gasteiger partial charge in [-0.1, -0.05) is 13.8 Å². The molecule has 0 amide bonds. The van der Waals surface area contributed by atoms with Gasteiger partial charge in [-0.2, -0.15) is 0 Å². The van der Waals surface area contributed by atoms with Crippen LogP contribution in [0.4, 0.5) is 4.39 Å². The van der Waals surface area contributed by atoms with Gasteiger partial charge in [-0.3, -0.25) is 4.98 Å². The summed E-state index contributed by atoms with van der Waals surface area (Å²) in [4.78, 5) is 3.83. The van der Waals surface area contributed by atoms with Gasteiger partial charge in [0.2, 0.25) is 0 Å². The molecule has 17 heavy (non-hydrogen) atoms. The first kappa shape index (κ1) is 12.5. The molecule has 4 heteroatoms. The zero-order valence-corrected chi connectivity index (χ0v) is 10.5. The Morgan fingerprint density at radius 2 is 2.29 bits per heavy atom. The van der Waals surface area contributed by atoms with Gasteiger partial charge in [-0.15, -0.1) is 0 Å². The molecular formula is C13H19FN2O. The van der Waals surface area contributed by atoms with Gasteiger partial charge >= 0.3 is 0 Å². The van der Waals surface area contributed by atoms with Crippen LogP contribution < -0.4 is 5.32 Å². The van der Waals surface area contributed by atoms with E-state index in [0.29, 0.717) is 18.7 Å². The van der Waals surface area contributed by atoms with Crippen molar-refractivity contribution in [3.8, 4) is 0 Å². The third kappa shape index (κ3) is 2.48. The minimum Gasteiger partial charge on any atom is -0.381 e. The average molecular weight is 238 g/mol. The van der Waals surface area contributed by atoms with Gasteiger partial charge in [0.05, 0.1) is 12.3 Å². The van der Waals surface area contributed by atoms with Crippen LogP contribution in [0.3, 0.4) is 0 Å². The van der Waals surface area contributed by atoms with Crippen molar-refractivity contribution in [3.05, 3.63) is 29.8 Å². The van der Waals surface area contributed by atoms with Crippen LogP contribution in [0, 0.1) is 11.2 Å². The van der Waals surface area contributed by atoms with Crippen molar-refractivity contribution in [2.75, 3.05) is 7.11 Å². The molecule has 1 aliphatic rings. The van der Waals surface area contributed by atoms with Crippen LogP contribution in [0.15, 0.2) is 18.5 Å². The average Bonchev–Trinajstić information content (AvgIpc) is 2.28.